The fourth-order valence-corrected chi connectivity index (χ4v) is 1.67. The van der Waals surface area contributed by atoms with Gasteiger partial charge in [-0.1, -0.05) is 26.0 Å². The molecule has 0 amide bonds. The first-order valence-corrected chi connectivity index (χ1v) is 4.85. The zero-order valence-corrected chi connectivity index (χ0v) is 8.96. The van der Waals surface area contributed by atoms with Crippen LogP contribution in [0.1, 0.15) is 25.8 Å². The molecule has 0 unspecified atom stereocenters. The second-order valence-electron chi connectivity index (χ2n) is 4.54. The van der Waals surface area contributed by atoms with Crippen LogP contribution in [0.5, 0.6) is 0 Å². The molecule has 0 atom stereocenters. The van der Waals surface area contributed by atoms with Crippen molar-refractivity contribution in [1.29, 1.82) is 0 Å². The van der Waals surface area contributed by atoms with Crippen LogP contribution in [0.4, 0.5) is 4.39 Å². The first-order chi connectivity index (χ1) is 6.89. The second-order valence-corrected chi connectivity index (χ2v) is 4.54. The van der Waals surface area contributed by atoms with Gasteiger partial charge in [-0.15, -0.1) is 0 Å². The summed E-state index contributed by atoms with van der Waals surface area (Å²) in [6.45, 7) is 3.73. The van der Waals surface area contributed by atoms with Crippen LogP contribution in [0.25, 0.3) is 0 Å². The summed E-state index contributed by atoms with van der Waals surface area (Å²) in [5.74, 6) is -1.10. The monoisotopic (exact) mass is 210 g/mol. The number of rotatable bonds is 4. The predicted molar refractivity (Wildman–Crippen MR) is 56.1 cm³/mol. The summed E-state index contributed by atoms with van der Waals surface area (Å²) < 4.78 is 12.9. The van der Waals surface area contributed by atoms with Crippen LogP contribution in [-0.4, -0.2) is 11.1 Å². The van der Waals surface area contributed by atoms with Gasteiger partial charge >= 0.3 is 5.97 Å². The number of hydrogen-bond acceptors (Lipinski definition) is 1. The highest BCUT2D eigenvalue weighted by Crippen LogP contribution is 2.26. The SMILES string of the molecule is CC(C)(CC(=O)O)Cc1cccc(F)c1. The van der Waals surface area contributed by atoms with E-state index < -0.39 is 5.97 Å². The number of benzene rings is 1. The number of carboxylic acids is 1. The van der Waals surface area contributed by atoms with Gasteiger partial charge in [0.2, 0.25) is 0 Å². The molecule has 1 N–H and O–H groups in total. The quantitative estimate of drug-likeness (QED) is 0.829. The predicted octanol–water partition coefficient (Wildman–Crippen LogP) is 2.87. The largest absolute Gasteiger partial charge is 0.481 e. The molecule has 15 heavy (non-hydrogen) atoms. The van der Waals surface area contributed by atoms with Gasteiger partial charge in [-0.2, -0.15) is 0 Å². The zero-order chi connectivity index (χ0) is 11.5. The van der Waals surface area contributed by atoms with Gasteiger partial charge in [-0.05, 0) is 29.5 Å². The second kappa shape index (κ2) is 4.43. The molecule has 0 heterocycles. The lowest BCUT2D eigenvalue weighted by Gasteiger charge is -2.22. The Bertz CT molecular complexity index is 358. The highest BCUT2D eigenvalue weighted by molar-refractivity contribution is 5.67. The molecule has 82 valence electrons. The van der Waals surface area contributed by atoms with Crippen LogP contribution < -0.4 is 0 Å². The molecule has 0 saturated carbocycles. The lowest BCUT2D eigenvalue weighted by atomic mass is 9.83. The average molecular weight is 210 g/mol. The molecule has 1 aromatic rings. The van der Waals surface area contributed by atoms with E-state index in [0.29, 0.717) is 6.42 Å². The van der Waals surface area contributed by atoms with Crippen molar-refractivity contribution in [2.24, 2.45) is 5.41 Å². The summed E-state index contributed by atoms with van der Waals surface area (Å²) in [6, 6.07) is 6.28. The van der Waals surface area contributed by atoms with Crippen molar-refractivity contribution < 1.29 is 14.3 Å². The molecular formula is C12H15FO2. The number of halogens is 1. The Balaban J connectivity index is 2.72. The number of carbonyl (C=O) groups is 1. The first kappa shape index (κ1) is 11.7. The smallest absolute Gasteiger partial charge is 0.303 e. The van der Waals surface area contributed by atoms with Gasteiger partial charge in [0.15, 0.2) is 0 Å². The third kappa shape index (κ3) is 4.11. The molecule has 0 bridgehead atoms. The number of carboxylic acid groups (broad SMARTS) is 1. The molecule has 0 aromatic heterocycles. The fraction of sp³-hybridized carbons (Fsp3) is 0.417. The van der Waals surface area contributed by atoms with E-state index in [0.717, 1.165) is 5.56 Å². The Hall–Kier alpha value is -1.38. The molecule has 0 fully saturated rings. The van der Waals surface area contributed by atoms with Crippen molar-refractivity contribution in [1.82, 2.24) is 0 Å². The summed E-state index contributed by atoms with van der Waals surface area (Å²) in [5.41, 5.74) is 0.487. The minimum Gasteiger partial charge on any atom is -0.481 e. The van der Waals surface area contributed by atoms with E-state index in [2.05, 4.69) is 0 Å². The highest BCUT2D eigenvalue weighted by Gasteiger charge is 2.22. The van der Waals surface area contributed by atoms with Crippen LogP contribution in [-0.2, 0) is 11.2 Å². The molecule has 1 aromatic carbocycles. The third-order valence-corrected chi connectivity index (χ3v) is 2.20. The summed E-state index contributed by atoms with van der Waals surface area (Å²) in [5, 5.41) is 8.71. The molecule has 0 saturated heterocycles. The van der Waals surface area contributed by atoms with Crippen LogP contribution in [0.2, 0.25) is 0 Å². The van der Waals surface area contributed by atoms with Crippen LogP contribution in [0.3, 0.4) is 0 Å². The lowest BCUT2D eigenvalue weighted by molar-refractivity contribution is -0.139. The van der Waals surface area contributed by atoms with Crippen molar-refractivity contribution in [2.75, 3.05) is 0 Å². The summed E-state index contributed by atoms with van der Waals surface area (Å²) >= 11 is 0. The lowest BCUT2D eigenvalue weighted by Crippen LogP contribution is -2.19. The Morgan fingerprint density at radius 2 is 2.13 bits per heavy atom. The van der Waals surface area contributed by atoms with Gasteiger partial charge in [-0.25, -0.2) is 4.39 Å². The Kier molecular flexibility index (Phi) is 3.45. The van der Waals surface area contributed by atoms with Gasteiger partial charge in [0, 0.05) is 0 Å². The van der Waals surface area contributed by atoms with Gasteiger partial charge in [0.25, 0.3) is 0 Å². The van der Waals surface area contributed by atoms with E-state index in [-0.39, 0.29) is 17.7 Å². The Labute approximate surface area is 88.7 Å². The Morgan fingerprint density at radius 1 is 1.47 bits per heavy atom. The summed E-state index contributed by atoms with van der Waals surface area (Å²) in [4.78, 5) is 10.6. The van der Waals surface area contributed by atoms with E-state index in [4.69, 9.17) is 5.11 Å². The van der Waals surface area contributed by atoms with E-state index >= 15 is 0 Å². The van der Waals surface area contributed by atoms with Crippen molar-refractivity contribution in [3.8, 4) is 0 Å². The highest BCUT2D eigenvalue weighted by atomic mass is 19.1. The van der Waals surface area contributed by atoms with Crippen LogP contribution >= 0.6 is 0 Å². The first-order valence-electron chi connectivity index (χ1n) is 4.85. The maximum atomic E-state index is 12.9. The normalized spacial score (nSPS) is 11.4. The minimum atomic E-state index is -0.823. The average Bonchev–Trinajstić information content (AvgIpc) is 1.99. The molecule has 0 radical (unpaired) electrons. The Morgan fingerprint density at radius 3 is 2.67 bits per heavy atom. The molecule has 2 nitrogen and oxygen atoms in total. The maximum Gasteiger partial charge on any atom is 0.303 e. The molecule has 0 aliphatic carbocycles. The summed E-state index contributed by atoms with van der Waals surface area (Å²) in [6.07, 6.45) is 0.653. The fourth-order valence-electron chi connectivity index (χ4n) is 1.67. The molecular weight excluding hydrogens is 195 g/mol. The molecule has 0 aliphatic rings. The van der Waals surface area contributed by atoms with Crippen molar-refractivity contribution in [3.05, 3.63) is 35.6 Å². The van der Waals surface area contributed by atoms with Gasteiger partial charge < -0.3 is 5.11 Å². The molecule has 0 spiro atoms. The minimum absolute atomic E-state index is 0.0868. The molecule has 0 aliphatic heterocycles. The van der Waals surface area contributed by atoms with E-state index in [1.54, 1.807) is 6.07 Å². The summed E-state index contributed by atoms with van der Waals surface area (Å²) in [7, 11) is 0. The maximum absolute atomic E-state index is 12.9. The van der Waals surface area contributed by atoms with Crippen LogP contribution in [0.15, 0.2) is 24.3 Å². The van der Waals surface area contributed by atoms with Gasteiger partial charge in [0.1, 0.15) is 5.82 Å². The van der Waals surface area contributed by atoms with E-state index in [1.807, 2.05) is 19.9 Å². The van der Waals surface area contributed by atoms with Crippen molar-refractivity contribution >= 4 is 5.97 Å². The number of hydrogen-bond donors (Lipinski definition) is 1. The number of aliphatic carboxylic acids is 1. The van der Waals surface area contributed by atoms with Gasteiger partial charge in [0.05, 0.1) is 6.42 Å². The van der Waals surface area contributed by atoms with Gasteiger partial charge in [-0.3, -0.25) is 4.79 Å². The van der Waals surface area contributed by atoms with Crippen LogP contribution in [0, 0.1) is 11.2 Å². The van der Waals surface area contributed by atoms with E-state index in [1.165, 1.54) is 12.1 Å². The molecule has 1 rings (SSSR count). The topological polar surface area (TPSA) is 37.3 Å². The van der Waals surface area contributed by atoms with Crippen molar-refractivity contribution in [2.45, 2.75) is 26.7 Å². The molecule has 3 heteroatoms. The van der Waals surface area contributed by atoms with Crippen molar-refractivity contribution in [3.63, 3.8) is 0 Å². The van der Waals surface area contributed by atoms with E-state index in [9.17, 15) is 9.18 Å². The third-order valence-electron chi connectivity index (χ3n) is 2.20. The zero-order valence-electron chi connectivity index (χ0n) is 8.96. The standard InChI is InChI=1S/C12H15FO2/c1-12(2,8-11(14)15)7-9-4-3-5-10(13)6-9/h3-6H,7-8H2,1-2H3,(H,14,15).